The molecule has 19 heavy (non-hydrogen) atoms. The molecule has 1 N–H and O–H groups in total. The highest BCUT2D eigenvalue weighted by Gasteiger charge is 2.16. The van der Waals surface area contributed by atoms with Gasteiger partial charge in [-0.15, -0.1) is 0 Å². The van der Waals surface area contributed by atoms with Gasteiger partial charge in [0, 0.05) is 24.3 Å². The number of ether oxygens (including phenoxy) is 2. The van der Waals surface area contributed by atoms with Crippen LogP contribution < -0.4 is 4.74 Å². The number of carboxylic acid groups (broad SMARTS) is 1. The van der Waals surface area contributed by atoms with Gasteiger partial charge < -0.3 is 19.0 Å². The maximum absolute atomic E-state index is 10.8. The molecule has 1 aromatic carbocycles. The summed E-state index contributed by atoms with van der Waals surface area (Å²) in [5.74, 6) is -0.424. The van der Waals surface area contributed by atoms with E-state index in [2.05, 4.69) is 0 Å². The first-order valence-electron chi connectivity index (χ1n) is 6.24. The topological polar surface area (TPSA) is 68.9 Å². The van der Waals surface area contributed by atoms with Crippen LogP contribution in [0.2, 0.25) is 0 Å². The zero-order chi connectivity index (χ0) is 13.2. The first-order chi connectivity index (χ1) is 9.22. The molecule has 2 heterocycles. The van der Waals surface area contributed by atoms with E-state index in [9.17, 15) is 4.79 Å². The van der Waals surface area contributed by atoms with E-state index < -0.39 is 5.97 Å². The summed E-state index contributed by atoms with van der Waals surface area (Å²) in [6.07, 6.45) is 1.90. The SMILES string of the molecule is O=C(O)c1cc2ccc(OC3CCOCC3)cc2o1. The average Bonchev–Trinajstić information content (AvgIpc) is 2.83. The molecule has 1 aliphatic rings. The summed E-state index contributed by atoms with van der Waals surface area (Å²) in [4.78, 5) is 10.8. The smallest absolute Gasteiger partial charge is 0.371 e. The summed E-state index contributed by atoms with van der Waals surface area (Å²) < 4.78 is 16.4. The molecule has 0 bridgehead atoms. The Kier molecular flexibility index (Phi) is 3.13. The Labute approximate surface area is 109 Å². The largest absolute Gasteiger partial charge is 0.490 e. The third-order valence-corrected chi connectivity index (χ3v) is 3.17. The lowest BCUT2D eigenvalue weighted by molar-refractivity contribution is 0.0256. The molecule has 100 valence electrons. The van der Waals surface area contributed by atoms with E-state index in [0.717, 1.165) is 31.4 Å². The fourth-order valence-electron chi connectivity index (χ4n) is 2.18. The monoisotopic (exact) mass is 262 g/mol. The lowest BCUT2D eigenvalue weighted by atomic mass is 10.1. The summed E-state index contributed by atoms with van der Waals surface area (Å²) in [5.41, 5.74) is 0.530. The van der Waals surface area contributed by atoms with Crippen LogP contribution in [-0.2, 0) is 4.74 Å². The Hall–Kier alpha value is -2.01. The van der Waals surface area contributed by atoms with Gasteiger partial charge in [-0.3, -0.25) is 0 Å². The van der Waals surface area contributed by atoms with E-state index >= 15 is 0 Å². The molecule has 1 aliphatic heterocycles. The van der Waals surface area contributed by atoms with Crippen molar-refractivity contribution in [2.24, 2.45) is 0 Å². The van der Waals surface area contributed by atoms with Crippen LogP contribution in [0.5, 0.6) is 5.75 Å². The van der Waals surface area contributed by atoms with E-state index in [1.54, 1.807) is 12.1 Å². The van der Waals surface area contributed by atoms with Gasteiger partial charge in [-0.25, -0.2) is 4.79 Å². The fraction of sp³-hybridized carbons (Fsp3) is 0.357. The maximum Gasteiger partial charge on any atom is 0.371 e. The van der Waals surface area contributed by atoms with Gasteiger partial charge in [0.1, 0.15) is 17.4 Å². The van der Waals surface area contributed by atoms with Crippen LogP contribution >= 0.6 is 0 Å². The van der Waals surface area contributed by atoms with Crippen molar-refractivity contribution in [1.82, 2.24) is 0 Å². The molecular formula is C14H14O5. The first kappa shape index (κ1) is 12.0. The van der Waals surface area contributed by atoms with Crippen LogP contribution in [0.3, 0.4) is 0 Å². The Balaban J connectivity index is 1.82. The molecule has 1 saturated heterocycles. The van der Waals surface area contributed by atoms with Crippen LogP contribution in [-0.4, -0.2) is 30.4 Å². The van der Waals surface area contributed by atoms with Crippen molar-refractivity contribution in [3.63, 3.8) is 0 Å². The van der Waals surface area contributed by atoms with Gasteiger partial charge in [-0.05, 0) is 18.2 Å². The van der Waals surface area contributed by atoms with Crippen molar-refractivity contribution < 1.29 is 23.8 Å². The number of carboxylic acids is 1. The molecule has 3 rings (SSSR count). The van der Waals surface area contributed by atoms with Crippen molar-refractivity contribution >= 4 is 16.9 Å². The van der Waals surface area contributed by atoms with Crippen LogP contribution in [0.25, 0.3) is 11.0 Å². The number of fused-ring (bicyclic) bond motifs is 1. The molecule has 0 amide bonds. The first-order valence-corrected chi connectivity index (χ1v) is 6.24. The van der Waals surface area contributed by atoms with Crippen molar-refractivity contribution in [1.29, 1.82) is 0 Å². The molecule has 0 aliphatic carbocycles. The summed E-state index contributed by atoms with van der Waals surface area (Å²) in [5, 5.41) is 9.64. The van der Waals surface area contributed by atoms with Gasteiger partial charge in [-0.1, -0.05) is 0 Å². The number of furan rings is 1. The third-order valence-electron chi connectivity index (χ3n) is 3.17. The molecule has 0 radical (unpaired) electrons. The van der Waals surface area contributed by atoms with Crippen LogP contribution in [0.1, 0.15) is 23.4 Å². The van der Waals surface area contributed by atoms with E-state index in [0.29, 0.717) is 11.3 Å². The molecule has 5 heteroatoms. The quantitative estimate of drug-likeness (QED) is 0.921. The van der Waals surface area contributed by atoms with Crippen molar-refractivity contribution in [2.45, 2.75) is 18.9 Å². The number of hydrogen-bond donors (Lipinski definition) is 1. The molecule has 0 unspecified atom stereocenters. The Morgan fingerprint density at radius 3 is 2.79 bits per heavy atom. The second-order valence-electron chi connectivity index (χ2n) is 4.55. The molecule has 2 aromatic rings. The summed E-state index contributed by atoms with van der Waals surface area (Å²) in [6, 6.07) is 6.88. The number of benzene rings is 1. The lowest BCUT2D eigenvalue weighted by Gasteiger charge is -2.23. The van der Waals surface area contributed by atoms with Gasteiger partial charge in [0.05, 0.1) is 13.2 Å². The number of carbonyl (C=O) groups is 1. The highest BCUT2D eigenvalue weighted by atomic mass is 16.5. The van der Waals surface area contributed by atoms with E-state index in [1.807, 2.05) is 6.07 Å². The van der Waals surface area contributed by atoms with Crippen molar-refractivity contribution in [3.05, 3.63) is 30.0 Å². The van der Waals surface area contributed by atoms with Crippen molar-refractivity contribution in [3.8, 4) is 5.75 Å². The normalized spacial score (nSPS) is 16.6. The average molecular weight is 262 g/mol. The zero-order valence-electron chi connectivity index (χ0n) is 10.3. The minimum absolute atomic E-state index is 0.0572. The Bertz CT molecular complexity index is 595. The summed E-state index contributed by atoms with van der Waals surface area (Å²) in [6.45, 7) is 1.44. The molecule has 0 saturated carbocycles. The number of rotatable bonds is 3. The van der Waals surface area contributed by atoms with Gasteiger partial charge in [0.2, 0.25) is 5.76 Å². The van der Waals surface area contributed by atoms with Gasteiger partial charge in [0.15, 0.2) is 0 Å². The summed E-state index contributed by atoms with van der Waals surface area (Å²) >= 11 is 0. The second-order valence-corrected chi connectivity index (χ2v) is 4.55. The minimum atomic E-state index is -1.07. The second kappa shape index (κ2) is 4.93. The fourth-order valence-corrected chi connectivity index (χ4v) is 2.18. The van der Waals surface area contributed by atoms with E-state index in [4.69, 9.17) is 19.0 Å². The summed E-state index contributed by atoms with van der Waals surface area (Å²) in [7, 11) is 0. The highest BCUT2D eigenvalue weighted by Crippen LogP contribution is 2.26. The Morgan fingerprint density at radius 1 is 1.26 bits per heavy atom. The Morgan fingerprint density at radius 2 is 2.05 bits per heavy atom. The van der Waals surface area contributed by atoms with Crippen LogP contribution in [0.15, 0.2) is 28.7 Å². The molecule has 0 atom stereocenters. The molecule has 5 nitrogen and oxygen atoms in total. The highest BCUT2D eigenvalue weighted by molar-refractivity contribution is 5.91. The molecule has 0 spiro atoms. The predicted octanol–water partition coefficient (Wildman–Crippen LogP) is 2.69. The van der Waals surface area contributed by atoms with Crippen LogP contribution in [0.4, 0.5) is 0 Å². The van der Waals surface area contributed by atoms with Crippen LogP contribution in [0, 0.1) is 0 Å². The zero-order valence-corrected chi connectivity index (χ0v) is 10.3. The lowest BCUT2D eigenvalue weighted by Crippen LogP contribution is -2.25. The molecular weight excluding hydrogens is 248 g/mol. The standard InChI is InChI=1S/C14H14O5/c15-14(16)13-7-9-1-2-11(8-12(9)19-13)18-10-3-5-17-6-4-10/h1-2,7-8,10H,3-6H2,(H,15,16). The minimum Gasteiger partial charge on any atom is -0.490 e. The van der Waals surface area contributed by atoms with Gasteiger partial charge in [-0.2, -0.15) is 0 Å². The number of hydrogen-bond acceptors (Lipinski definition) is 4. The third kappa shape index (κ3) is 2.56. The van der Waals surface area contributed by atoms with Crippen molar-refractivity contribution in [2.75, 3.05) is 13.2 Å². The van der Waals surface area contributed by atoms with E-state index in [-0.39, 0.29) is 11.9 Å². The van der Waals surface area contributed by atoms with E-state index in [1.165, 1.54) is 6.07 Å². The maximum atomic E-state index is 10.8. The number of aromatic carboxylic acids is 1. The molecule has 1 aromatic heterocycles. The predicted molar refractivity (Wildman–Crippen MR) is 67.6 cm³/mol. The van der Waals surface area contributed by atoms with Gasteiger partial charge in [0.25, 0.3) is 0 Å². The van der Waals surface area contributed by atoms with Gasteiger partial charge >= 0.3 is 5.97 Å². The molecule has 1 fully saturated rings.